The number of amides is 1. The molecule has 1 aromatic heterocycles. The molecule has 0 saturated carbocycles. The molecule has 0 bridgehead atoms. The molecular weight excluding hydrogens is 276 g/mol. The number of nitrogens with zero attached hydrogens (tertiary/aromatic N) is 2. The van der Waals surface area contributed by atoms with E-state index in [1.54, 1.807) is 6.07 Å². The summed E-state index contributed by atoms with van der Waals surface area (Å²) in [6.07, 6.45) is 0. The van der Waals surface area contributed by atoms with Crippen molar-refractivity contribution in [3.8, 4) is 0 Å². The molecule has 0 saturated heterocycles. The smallest absolute Gasteiger partial charge is 0.270 e. The van der Waals surface area contributed by atoms with Crippen LogP contribution in [-0.4, -0.2) is 22.4 Å². The van der Waals surface area contributed by atoms with E-state index in [-0.39, 0.29) is 5.91 Å². The van der Waals surface area contributed by atoms with Crippen LogP contribution in [-0.2, 0) is 6.54 Å². The number of aryl methyl sites for hydroxylation is 1. The number of aromatic nitrogens is 2. The lowest BCUT2D eigenvalue weighted by Gasteiger charge is -2.10. The molecule has 2 rings (SSSR count). The molecule has 0 aliphatic carbocycles. The summed E-state index contributed by atoms with van der Waals surface area (Å²) < 4.78 is 0. The van der Waals surface area contributed by atoms with Gasteiger partial charge in [0.05, 0.1) is 0 Å². The molecule has 5 nitrogen and oxygen atoms in total. The fraction of sp³-hybridized carbons (Fsp3) is 0.353. The molecule has 0 fully saturated rings. The van der Waals surface area contributed by atoms with E-state index < -0.39 is 0 Å². The van der Waals surface area contributed by atoms with Gasteiger partial charge in [-0.3, -0.25) is 4.79 Å². The van der Waals surface area contributed by atoms with Crippen LogP contribution in [0.25, 0.3) is 0 Å². The summed E-state index contributed by atoms with van der Waals surface area (Å²) in [6, 6.07) is 11.7. The lowest BCUT2D eigenvalue weighted by molar-refractivity contribution is 0.0944. The first-order valence-corrected chi connectivity index (χ1v) is 7.46. The number of rotatable bonds is 6. The van der Waals surface area contributed by atoms with Crippen molar-refractivity contribution in [3.05, 3.63) is 53.3 Å². The minimum absolute atomic E-state index is 0.165. The van der Waals surface area contributed by atoms with Crippen molar-refractivity contribution >= 4 is 11.9 Å². The van der Waals surface area contributed by atoms with Crippen LogP contribution in [0.4, 0.5) is 5.95 Å². The highest BCUT2D eigenvalue weighted by atomic mass is 16.1. The van der Waals surface area contributed by atoms with Crippen molar-refractivity contribution < 1.29 is 4.79 Å². The topological polar surface area (TPSA) is 66.9 Å². The number of carbonyl (C=O) groups excluding carboxylic acids is 1. The molecule has 0 aliphatic heterocycles. The molecule has 22 heavy (non-hydrogen) atoms. The van der Waals surface area contributed by atoms with Crippen molar-refractivity contribution in [2.45, 2.75) is 27.3 Å². The SMILES string of the molecule is Cc1cc(C(=O)NCC(C)C)nc(NCc2ccccc2)n1. The first kappa shape index (κ1) is 15.9. The van der Waals surface area contributed by atoms with E-state index >= 15 is 0 Å². The second-order valence-corrected chi connectivity index (χ2v) is 5.66. The van der Waals surface area contributed by atoms with Crippen LogP contribution in [0, 0.1) is 12.8 Å². The third kappa shape index (κ3) is 4.84. The Bertz CT molecular complexity index is 626. The van der Waals surface area contributed by atoms with Gasteiger partial charge in [0, 0.05) is 18.8 Å². The number of hydrogen-bond donors (Lipinski definition) is 2. The zero-order valence-electron chi connectivity index (χ0n) is 13.3. The summed E-state index contributed by atoms with van der Waals surface area (Å²) in [6.45, 7) is 7.22. The molecule has 0 spiro atoms. The average molecular weight is 298 g/mol. The Kier molecular flexibility index (Phi) is 5.47. The average Bonchev–Trinajstić information content (AvgIpc) is 2.51. The monoisotopic (exact) mass is 298 g/mol. The van der Waals surface area contributed by atoms with Gasteiger partial charge in [-0.1, -0.05) is 44.2 Å². The van der Waals surface area contributed by atoms with E-state index in [1.165, 1.54) is 0 Å². The Morgan fingerprint density at radius 3 is 2.59 bits per heavy atom. The Labute approximate surface area is 131 Å². The lowest BCUT2D eigenvalue weighted by atomic mass is 10.2. The summed E-state index contributed by atoms with van der Waals surface area (Å²) in [4.78, 5) is 20.7. The lowest BCUT2D eigenvalue weighted by Crippen LogP contribution is -2.28. The van der Waals surface area contributed by atoms with Crippen LogP contribution in [0.2, 0.25) is 0 Å². The fourth-order valence-corrected chi connectivity index (χ4v) is 1.93. The Morgan fingerprint density at radius 1 is 1.18 bits per heavy atom. The summed E-state index contributed by atoms with van der Waals surface area (Å²) >= 11 is 0. The number of carbonyl (C=O) groups is 1. The normalized spacial score (nSPS) is 10.5. The van der Waals surface area contributed by atoms with E-state index in [0.29, 0.717) is 30.6 Å². The summed E-state index contributed by atoms with van der Waals surface area (Å²) in [5.41, 5.74) is 2.29. The molecule has 1 aromatic carbocycles. The highest BCUT2D eigenvalue weighted by Crippen LogP contribution is 2.07. The van der Waals surface area contributed by atoms with Gasteiger partial charge in [-0.2, -0.15) is 0 Å². The van der Waals surface area contributed by atoms with E-state index in [4.69, 9.17) is 0 Å². The van der Waals surface area contributed by atoms with E-state index in [2.05, 4.69) is 34.4 Å². The van der Waals surface area contributed by atoms with Gasteiger partial charge in [-0.25, -0.2) is 9.97 Å². The van der Waals surface area contributed by atoms with Crippen molar-refractivity contribution in [2.75, 3.05) is 11.9 Å². The molecule has 5 heteroatoms. The predicted molar refractivity (Wildman–Crippen MR) is 87.7 cm³/mol. The largest absolute Gasteiger partial charge is 0.350 e. The van der Waals surface area contributed by atoms with Gasteiger partial charge in [-0.05, 0) is 24.5 Å². The maximum absolute atomic E-state index is 12.1. The van der Waals surface area contributed by atoms with Crippen molar-refractivity contribution in [1.82, 2.24) is 15.3 Å². The second kappa shape index (κ2) is 7.54. The molecule has 1 amide bonds. The Balaban J connectivity index is 2.04. The van der Waals surface area contributed by atoms with Gasteiger partial charge >= 0.3 is 0 Å². The number of benzene rings is 1. The summed E-state index contributed by atoms with van der Waals surface area (Å²) in [5, 5.41) is 6.03. The first-order chi connectivity index (χ1) is 10.5. The fourth-order valence-electron chi connectivity index (χ4n) is 1.93. The maximum atomic E-state index is 12.1. The molecule has 116 valence electrons. The number of nitrogens with one attached hydrogen (secondary N) is 2. The molecular formula is C17H22N4O. The molecule has 0 atom stereocenters. The van der Waals surface area contributed by atoms with Gasteiger partial charge in [-0.15, -0.1) is 0 Å². The van der Waals surface area contributed by atoms with Crippen LogP contribution in [0.5, 0.6) is 0 Å². The third-order valence-electron chi connectivity index (χ3n) is 3.05. The molecule has 2 N–H and O–H groups in total. The van der Waals surface area contributed by atoms with Gasteiger partial charge in [0.25, 0.3) is 5.91 Å². The molecule has 2 aromatic rings. The molecule has 1 heterocycles. The molecule has 0 radical (unpaired) electrons. The Hall–Kier alpha value is -2.43. The molecule has 0 aliphatic rings. The minimum Gasteiger partial charge on any atom is -0.350 e. The number of hydrogen-bond acceptors (Lipinski definition) is 4. The van der Waals surface area contributed by atoms with E-state index in [0.717, 1.165) is 11.3 Å². The van der Waals surface area contributed by atoms with Gasteiger partial charge in [0.1, 0.15) is 5.69 Å². The quantitative estimate of drug-likeness (QED) is 0.860. The highest BCUT2D eigenvalue weighted by molar-refractivity contribution is 5.92. The first-order valence-electron chi connectivity index (χ1n) is 7.46. The van der Waals surface area contributed by atoms with Gasteiger partial charge < -0.3 is 10.6 Å². The van der Waals surface area contributed by atoms with Crippen molar-refractivity contribution in [2.24, 2.45) is 5.92 Å². The van der Waals surface area contributed by atoms with Gasteiger partial charge in [0.2, 0.25) is 5.95 Å². The zero-order chi connectivity index (χ0) is 15.9. The van der Waals surface area contributed by atoms with E-state index in [1.807, 2.05) is 37.3 Å². The summed E-state index contributed by atoms with van der Waals surface area (Å²) in [5.74, 6) is 0.711. The van der Waals surface area contributed by atoms with Crippen molar-refractivity contribution in [3.63, 3.8) is 0 Å². The second-order valence-electron chi connectivity index (χ2n) is 5.66. The van der Waals surface area contributed by atoms with Crippen molar-refractivity contribution in [1.29, 1.82) is 0 Å². The predicted octanol–water partition coefficient (Wildman–Crippen LogP) is 2.78. The van der Waals surface area contributed by atoms with Crippen LogP contribution >= 0.6 is 0 Å². The minimum atomic E-state index is -0.165. The van der Waals surface area contributed by atoms with E-state index in [9.17, 15) is 4.79 Å². The number of anilines is 1. The third-order valence-corrected chi connectivity index (χ3v) is 3.05. The Morgan fingerprint density at radius 2 is 1.91 bits per heavy atom. The van der Waals surface area contributed by atoms with Crippen LogP contribution < -0.4 is 10.6 Å². The van der Waals surface area contributed by atoms with Crippen LogP contribution in [0.1, 0.15) is 35.6 Å². The molecule has 0 unspecified atom stereocenters. The standard InChI is InChI=1S/C17H22N4O/c1-12(2)10-18-16(22)15-9-13(3)20-17(21-15)19-11-14-7-5-4-6-8-14/h4-9,12H,10-11H2,1-3H3,(H,18,22)(H,19,20,21). The van der Waals surface area contributed by atoms with Gasteiger partial charge in [0.15, 0.2) is 0 Å². The highest BCUT2D eigenvalue weighted by Gasteiger charge is 2.10. The summed E-state index contributed by atoms with van der Waals surface area (Å²) in [7, 11) is 0. The van der Waals surface area contributed by atoms with Crippen LogP contribution in [0.15, 0.2) is 36.4 Å². The maximum Gasteiger partial charge on any atom is 0.270 e. The zero-order valence-corrected chi connectivity index (χ0v) is 13.3. The van der Waals surface area contributed by atoms with Crippen LogP contribution in [0.3, 0.4) is 0 Å².